The molecular formula is C45H28N4S. The van der Waals surface area contributed by atoms with E-state index in [9.17, 15) is 5.26 Å². The van der Waals surface area contributed by atoms with Gasteiger partial charge in [-0.2, -0.15) is 5.26 Å². The maximum atomic E-state index is 9.76. The molecule has 0 unspecified atom stereocenters. The van der Waals surface area contributed by atoms with Crippen LogP contribution in [-0.2, 0) is 5.41 Å². The third-order valence-electron chi connectivity index (χ3n) is 10.2. The minimum atomic E-state index is -0.586. The van der Waals surface area contributed by atoms with Crippen LogP contribution in [0, 0.1) is 11.3 Å². The summed E-state index contributed by atoms with van der Waals surface area (Å²) in [6.45, 7) is 0. The predicted molar refractivity (Wildman–Crippen MR) is 202 cm³/mol. The van der Waals surface area contributed by atoms with Crippen LogP contribution in [-0.4, -0.2) is 9.55 Å². The van der Waals surface area contributed by atoms with Gasteiger partial charge in [-0.1, -0.05) is 103 Å². The second kappa shape index (κ2) is 10.8. The van der Waals surface area contributed by atoms with Crippen LogP contribution in [0.4, 0.5) is 5.69 Å². The molecule has 8 aromatic rings. The number of hydrogen-bond acceptors (Lipinski definition) is 4. The molecule has 2 heterocycles. The van der Waals surface area contributed by atoms with E-state index in [1.165, 1.54) is 43.2 Å². The first-order valence-corrected chi connectivity index (χ1v) is 17.5. The SMILES string of the molecule is N#Cc1cc(N)cc(-c2ccc3c(c2)C2(c4cc(-c5nc6ccccc6n5-c5ccccc5)ccc4S3)c3ccccc3-c3ccccc32)c1. The third kappa shape index (κ3) is 4.03. The number of aromatic nitrogens is 2. The molecule has 4 nitrogen and oxygen atoms in total. The smallest absolute Gasteiger partial charge is 0.145 e. The van der Waals surface area contributed by atoms with Gasteiger partial charge < -0.3 is 5.73 Å². The van der Waals surface area contributed by atoms with E-state index in [0.29, 0.717) is 11.3 Å². The van der Waals surface area contributed by atoms with E-state index in [2.05, 4.69) is 138 Å². The Kier molecular flexibility index (Phi) is 6.20. The van der Waals surface area contributed by atoms with Crippen LogP contribution in [0.25, 0.3) is 50.4 Å². The maximum absolute atomic E-state index is 9.76. The fraction of sp³-hybridized carbons (Fsp3) is 0.0222. The van der Waals surface area contributed by atoms with Gasteiger partial charge in [-0.15, -0.1) is 0 Å². The van der Waals surface area contributed by atoms with Crippen LogP contribution in [0.2, 0.25) is 0 Å². The largest absolute Gasteiger partial charge is 0.399 e. The van der Waals surface area contributed by atoms with Crippen molar-refractivity contribution >= 4 is 28.5 Å². The number of nitrogens with two attached hydrogens (primary N) is 1. The zero-order chi connectivity index (χ0) is 33.4. The van der Waals surface area contributed by atoms with Crippen LogP contribution in [0.3, 0.4) is 0 Å². The van der Waals surface area contributed by atoms with Crippen LogP contribution in [0.15, 0.2) is 168 Å². The van der Waals surface area contributed by atoms with E-state index in [-0.39, 0.29) is 0 Å². The molecule has 2 N–H and O–H groups in total. The molecule has 1 aliphatic heterocycles. The molecule has 234 valence electrons. The number of anilines is 1. The van der Waals surface area contributed by atoms with E-state index in [0.717, 1.165) is 39.2 Å². The van der Waals surface area contributed by atoms with E-state index in [1.807, 2.05) is 36.0 Å². The van der Waals surface area contributed by atoms with Crippen molar-refractivity contribution in [3.8, 4) is 45.4 Å². The van der Waals surface area contributed by atoms with Gasteiger partial charge in [0.2, 0.25) is 0 Å². The first-order chi connectivity index (χ1) is 24.6. The summed E-state index contributed by atoms with van der Waals surface area (Å²) < 4.78 is 2.27. The van der Waals surface area contributed by atoms with Gasteiger partial charge in [0, 0.05) is 26.7 Å². The summed E-state index contributed by atoms with van der Waals surface area (Å²) in [5.41, 5.74) is 20.4. The molecule has 7 aromatic carbocycles. The quantitative estimate of drug-likeness (QED) is 0.192. The Labute approximate surface area is 294 Å². The van der Waals surface area contributed by atoms with Gasteiger partial charge in [0.15, 0.2) is 0 Å². The second-order valence-electron chi connectivity index (χ2n) is 12.9. The fourth-order valence-electron chi connectivity index (χ4n) is 8.16. The normalized spacial score (nSPS) is 13.3. The molecule has 2 aliphatic rings. The van der Waals surface area contributed by atoms with Crippen molar-refractivity contribution in [1.29, 1.82) is 5.26 Å². The summed E-state index contributed by atoms with van der Waals surface area (Å²) in [5, 5.41) is 9.76. The minimum absolute atomic E-state index is 0.551. The number of nitriles is 1. The summed E-state index contributed by atoms with van der Waals surface area (Å²) >= 11 is 1.81. The lowest BCUT2D eigenvalue weighted by atomic mass is 9.66. The van der Waals surface area contributed by atoms with Crippen molar-refractivity contribution in [3.05, 3.63) is 186 Å². The number of nitrogen functional groups attached to an aromatic ring is 1. The number of benzene rings is 7. The molecule has 0 bridgehead atoms. The zero-order valence-electron chi connectivity index (χ0n) is 26.8. The molecule has 0 saturated carbocycles. The summed E-state index contributed by atoms with van der Waals surface area (Å²) in [4.78, 5) is 7.68. The Morgan fingerprint density at radius 1 is 0.580 bits per heavy atom. The number of nitrogens with zero attached hydrogens (tertiary/aromatic N) is 3. The molecule has 0 fully saturated rings. The Morgan fingerprint density at radius 3 is 1.92 bits per heavy atom. The van der Waals surface area contributed by atoms with Crippen molar-refractivity contribution in [2.45, 2.75) is 15.2 Å². The van der Waals surface area contributed by atoms with Crippen molar-refractivity contribution in [2.75, 3.05) is 5.73 Å². The van der Waals surface area contributed by atoms with Gasteiger partial charge in [0.1, 0.15) is 5.82 Å². The first kappa shape index (κ1) is 28.6. The van der Waals surface area contributed by atoms with Crippen LogP contribution >= 0.6 is 11.8 Å². The number of para-hydroxylation sites is 3. The number of fused-ring (bicyclic) bond motifs is 10. The van der Waals surface area contributed by atoms with Gasteiger partial charge in [-0.05, 0) is 111 Å². The van der Waals surface area contributed by atoms with E-state index in [1.54, 1.807) is 6.07 Å². The molecule has 1 spiro atoms. The average molecular weight is 657 g/mol. The van der Waals surface area contributed by atoms with Crippen LogP contribution in [0.1, 0.15) is 27.8 Å². The Hall–Kier alpha value is -6.35. The highest BCUT2D eigenvalue weighted by Gasteiger charge is 2.50. The topological polar surface area (TPSA) is 67.6 Å². The van der Waals surface area contributed by atoms with Crippen LogP contribution in [0.5, 0.6) is 0 Å². The Balaban J connectivity index is 1.29. The molecule has 0 atom stereocenters. The van der Waals surface area contributed by atoms with Crippen molar-refractivity contribution in [2.24, 2.45) is 0 Å². The molecule has 0 saturated heterocycles. The van der Waals surface area contributed by atoms with Gasteiger partial charge in [-0.25, -0.2) is 4.98 Å². The summed E-state index contributed by atoms with van der Waals surface area (Å²) in [6.07, 6.45) is 0. The summed E-state index contributed by atoms with van der Waals surface area (Å²) in [6, 6.07) is 58.0. The van der Waals surface area contributed by atoms with E-state index in [4.69, 9.17) is 10.7 Å². The third-order valence-corrected chi connectivity index (χ3v) is 11.3. The molecule has 1 aromatic heterocycles. The zero-order valence-corrected chi connectivity index (χ0v) is 27.7. The Morgan fingerprint density at radius 2 is 1.20 bits per heavy atom. The number of hydrogen-bond donors (Lipinski definition) is 1. The molecule has 0 radical (unpaired) electrons. The first-order valence-electron chi connectivity index (χ1n) is 16.6. The Bertz CT molecular complexity index is 2670. The van der Waals surface area contributed by atoms with E-state index >= 15 is 0 Å². The lowest BCUT2D eigenvalue weighted by Crippen LogP contribution is -2.32. The monoisotopic (exact) mass is 656 g/mol. The maximum Gasteiger partial charge on any atom is 0.145 e. The molecule has 10 rings (SSSR count). The molecule has 50 heavy (non-hydrogen) atoms. The predicted octanol–water partition coefficient (Wildman–Crippen LogP) is 10.6. The molecule has 5 heteroatoms. The van der Waals surface area contributed by atoms with Gasteiger partial charge in [0.05, 0.1) is 28.1 Å². The highest BCUT2D eigenvalue weighted by molar-refractivity contribution is 7.99. The van der Waals surface area contributed by atoms with Gasteiger partial charge in [0.25, 0.3) is 0 Å². The summed E-state index contributed by atoms with van der Waals surface area (Å²) in [5.74, 6) is 0.906. The lowest BCUT2D eigenvalue weighted by Gasteiger charge is -2.40. The number of imidazole rings is 1. The highest BCUT2D eigenvalue weighted by Crippen LogP contribution is 2.62. The molecule has 1 aliphatic carbocycles. The standard InChI is InChI=1S/C45H28N4S/c46-27-28-22-31(24-32(47)23-28)29-18-20-42-38(25-29)45(36-14-6-4-12-34(36)35-13-5-7-15-37(35)45)39-26-30(19-21-43(39)50-42)44-48-40-16-8-9-17-41(40)49(44)33-10-2-1-3-11-33/h1-26H,47H2. The summed E-state index contributed by atoms with van der Waals surface area (Å²) in [7, 11) is 0. The number of rotatable bonds is 3. The van der Waals surface area contributed by atoms with Crippen molar-refractivity contribution < 1.29 is 0 Å². The second-order valence-corrected chi connectivity index (χ2v) is 14.0. The molecule has 0 amide bonds. The lowest BCUT2D eigenvalue weighted by molar-refractivity contribution is 0.723. The van der Waals surface area contributed by atoms with Gasteiger partial charge >= 0.3 is 0 Å². The van der Waals surface area contributed by atoms with Gasteiger partial charge in [-0.3, -0.25) is 4.57 Å². The minimum Gasteiger partial charge on any atom is -0.399 e. The molecular weight excluding hydrogens is 629 g/mol. The van der Waals surface area contributed by atoms with E-state index < -0.39 is 5.41 Å². The average Bonchev–Trinajstić information content (AvgIpc) is 3.70. The van der Waals surface area contributed by atoms with Crippen molar-refractivity contribution in [1.82, 2.24) is 9.55 Å². The van der Waals surface area contributed by atoms with Crippen molar-refractivity contribution in [3.63, 3.8) is 0 Å². The van der Waals surface area contributed by atoms with Crippen LogP contribution < -0.4 is 5.73 Å². The highest BCUT2D eigenvalue weighted by atomic mass is 32.2. The fourth-order valence-corrected chi connectivity index (χ4v) is 9.32.